The summed E-state index contributed by atoms with van der Waals surface area (Å²) in [6, 6.07) is 2.63. The molecule has 0 bridgehead atoms. The van der Waals surface area contributed by atoms with Crippen molar-refractivity contribution in [3.63, 3.8) is 0 Å². The number of anilines is 2. The summed E-state index contributed by atoms with van der Waals surface area (Å²) in [7, 11) is 4.72. The molecule has 0 spiro atoms. The Morgan fingerprint density at radius 3 is 2.41 bits per heavy atom. The minimum absolute atomic E-state index is 0.260. The number of halogens is 2. The first-order chi connectivity index (χ1) is 16.4. The molecule has 0 radical (unpaired) electrons. The average molecular weight is 509 g/mol. The van der Waals surface area contributed by atoms with Gasteiger partial charge in [-0.05, 0) is 6.07 Å². The van der Waals surface area contributed by atoms with Crippen LogP contribution in [0.25, 0.3) is 22.2 Å². The summed E-state index contributed by atoms with van der Waals surface area (Å²) in [5.41, 5.74) is 1.47. The van der Waals surface area contributed by atoms with Gasteiger partial charge in [0.15, 0.2) is 5.82 Å². The number of hydrogen-bond donors (Lipinski definition) is 4. The van der Waals surface area contributed by atoms with Crippen LogP contribution in [0.15, 0.2) is 18.3 Å². The van der Waals surface area contributed by atoms with Crippen LogP contribution in [0.2, 0.25) is 10.0 Å². The van der Waals surface area contributed by atoms with Gasteiger partial charge in [0.05, 0.1) is 55.3 Å². The van der Waals surface area contributed by atoms with E-state index in [2.05, 4.69) is 30.9 Å². The van der Waals surface area contributed by atoms with Crippen LogP contribution in [0, 0.1) is 0 Å². The lowest BCUT2D eigenvalue weighted by atomic mass is 10.1. The van der Waals surface area contributed by atoms with Crippen molar-refractivity contribution in [2.45, 2.75) is 12.1 Å². The molecule has 4 N–H and O–H groups in total. The SMILES string of the molecule is CNc1nc(-c2c(Cl)c(OC)cc(OC)c2Cl)cc2cnc(N[C@@H]3COC[C@@H]3NC(=O)O)nc12. The van der Waals surface area contributed by atoms with E-state index in [-0.39, 0.29) is 12.6 Å². The van der Waals surface area contributed by atoms with E-state index >= 15 is 0 Å². The topological polar surface area (TPSA) is 140 Å². The number of hydrogen-bond acceptors (Lipinski definition) is 9. The van der Waals surface area contributed by atoms with Crippen LogP contribution in [0.4, 0.5) is 16.6 Å². The van der Waals surface area contributed by atoms with E-state index in [0.717, 1.165) is 0 Å². The highest BCUT2D eigenvalue weighted by Gasteiger charge is 2.30. The van der Waals surface area contributed by atoms with Gasteiger partial charge in [-0.25, -0.2) is 19.7 Å². The zero-order valence-electron chi connectivity index (χ0n) is 18.5. The van der Waals surface area contributed by atoms with Gasteiger partial charge in [-0.15, -0.1) is 0 Å². The normalized spacial score (nSPS) is 17.4. The molecule has 1 aromatic carbocycles. The number of benzene rings is 1. The highest BCUT2D eigenvalue weighted by Crippen LogP contribution is 2.46. The predicted molar refractivity (Wildman–Crippen MR) is 129 cm³/mol. The van der Waals surface area contributed by atoms with Crippen LogP contribution in [-0.4, -0.2) is 72.7 Å². The Morgan fingerprint density at radius 1 is 1.12 bits per heavy atom. The number of carbonyl (C=O) groups is 1. The minimum Gasteiger partial charge on any atom is -0.495 e. The van der Waals surface area contributed by atoms with Gasteiger partial charge in [-0.1, -0.05) is 23.2 Å². The number of rotatable bonds is 7. The number of ether oxygens (including phenoxy) is 3. The van der Waals surface area contributed by atoms with Crippen molar-refractivity contribution in [3.8, 4) is 22.8 Å². The third-order valence-electron chi connectivity index (χ3n) is 5.34. The molecule has 34 heavy (non-hydrogen) atoms. The van der Waals surface area contributed by atoms with Crippen LogP contribution in [0.1, 0.15) is 0 Å². The fourth-order valence-corrected chi connectivity index (χ4v) is 4.38. The van der Waals surface area contributed by atoms with Gasteiger partial charge >= 0.3 is 6.09 Å². The van der Waals surface area contributed by atoms with Crippen molar-refractivity contribution < 1.29 is 24.1 Å². The summed E-state index contributed by atoms with van der Waals surface area (Å²) in [6.45, 7) is 0.576. The largest absolute Gasteiger partial charge is 0.495 e. The maximum atomic E-state index is 11.0. The quantitative estimate of drug-likeness (QED) is 0.374. The number of pyridine rings is 1. The number of fused-ring (bicyclic) bond motifs is 1. The second-order valence-electron chi connectivity index (χ2n) is 7.37. The molecule has 0 unspecified atom stereocenters. The number of nitrogens with one attached hydrogen (secondary N) is 3. The molecule has 4 rings (SSSR count). The van der Waals surface area contributed by atoms with Crippen molar-refractivity contribution in [1.82, 2.24) is 20.3 Å². The molecule has 0 aliphatic carbocycles. The van der Waals surface area contributed by atoms with Gasteiger partial charge in [0.2, 0.25) is 5.95 Å². The molecule has 1 aliphatic heterocycles. The van der Waals surface area contributed by atoms with E-state index in [1.54, 1.807) is 25.4 Å². The fraction of sp³-hybridized carbons (Fsp3) is 0.333. The van der Waals surface area contributed by atoms with Crippen LogP contribution in [0.3, 0.4) is 0 Å². The first kappa shape index (κ1) is 23.9. The Bertz CT molecular complexity index is 1220. The summed E-state index contributed by atoms with van der Waals surface area (Å²) < 4.78 is 16.1. The van der Waals surface area contributed by atoms with Gasteiger partial charge < -0.3 is 35.3 Å². The number of methoxy groups -OCH3 is 2. The highest BCUT2D eigenvalue weighted by atomic mass is 35.5. The van der Waals surface area contributed by atoms with Crippen LogP contribution in [-0.2, 0) is 4.74 Å². The monoisotopic (exact) mass is 508 g/mol. The second-order valence-corrected chi connectivity index (χ2v) is 8.12. The Labute approximate surface area is 204 Å². The molecule has 11 nitrogen and oxygen atoms in total. The van der Waals surface area contributed by atoms with E-state index in [1.807, 2.05) is 0 Å². The molecule has 13 heteroatoms. The summed E-state index contributed by atoms with van der Waals surface area (Å²) in [4.78, 5) is 24.6. The van der Waals surface area contributed by atoms with Crippen molar-refractivity contribution in [3.05, 3.63) is 28.4 Å². The zero-order valence-corrected chi connectivity index (χ0v) is 20.0. The molecule has 1 fully saturated rings. The standard InChI is InChI=1S/C21H22Cl2N6O5/c1-24-19-18-9(6-25-20(29-18)27-11-7-34-8-12(11)28-21(30)31)4-10(26-19)15-16(22)13(32-2)5-14(33-3)17(15)23/h4-6,11-12,28H,7-8H2,1-3H3,(H,24,26)(H,30,31)(H,25,27,29)/t11-,12+/m1/s1. The van der Waals surface area contributed by atoms with Crippen LogP contribution >= 0.6 is 23.2 Å². The Morgan fingerprint density at radius 2 is 1.79 bits per heavy atom. The molecule has 3 aromatic rings. The lowest BCUT2D eigenvalue weighted by Gasteiger charge is -2.19. The third kappa shape index (κ3) is 4.54. The first-order valence-corrected chi connectivity index (χ1v) is 10.9. The number of aromatic nitrogens is 3. The zero-order chi connectivity index (χ0) is 24.4. The summed E-state index contributed by atoms with van der Waals surface area (Å²) in [6.07, 6.45) is 0.508. The molecule has 1 saturated heterocycles. The third-order valence-corrected chi connectivity index (χ3v) is 6.09. The molecule has 1 amide bonds. The van der Waals surface area contributed by atoms with E-state index in [9.17, 15) is 4.79 Å². The number of amides is 1. The van der Waals surface area contributed by atoms with E-state index in [0.29, 0.717) is 62.1 Å². The molecule has 0 saturated carbocycles. The van der Waals surface area contributed by atoms with Crippen LogP contribution in [0.5, 0.6) is 11.5 Å². The van der Waals surface area contributed by atoms with Gasteiger partial charge in [0, 0.05) is 30.3 Å². The molecule has 1 aliphatic rings. The molecule has 180 valence electrons. The lowest BCUT2D eigenvalue weighted by Crippen LogP contribution is -2.45. The smallest absolute Gasteiger partial charge is 0.405 e. The van der Waals surface area contributed by atoms with Gasteiger partial charge in [0.1, 0.15) is 17.0 Å². The highest BCUT2D eigenvalue weighted by molar-refractivity contribution is 6.41. The van der Waals surface area contributed by atoms with Gasteiger partial charge in [-0.3, -0.25) is 0 Å². The Balaban J connectivity index is 1.75. The maximum absolute atomic E-state index is 11.0. The summed E-state index contributed by atoms with van der Waals surface area (Å²) in [5, 5.41) is 18.9. The lowest BCUT2D eigenvalue weighted by molar-refractivity contribution is 0.175. The Kier molecular flexibility index (Phi) is 6.96. The second kappa shape index (κ2) is 9.92. The molecule has 2 aromatic heterocycles. The van der Waals surface area contributed by atoms with Crippen molar-refractivity contribution >= 4 is 52.0 Å². The molecule has 2 atom stereocenters. The van der Waals surface area contributed by atoms with E-state index in [4.69, 9.17) is 42.5 Å². The van der Waals surface area contributed by atoms with Crippen molar-refractivity contribution in [2.24, 2.45) is 0 Å². The fourth-order valence-electron chi connectivity index (χ4n) is 3.69. The van der Waals surface area contributed by atoms with E-state index < -0.39 is 12.1 Å². The van der Waals surface area contributed by atoms with E-state index in [1.165, 1.54) is 14.2 Å². The molecule has 3 heterocycles. The van der Waals surface area contributed by atoms with Gasteiger partial charge in [-0.2, -0.15) is 0 Å². The number of carboxylic acid groups (broad SMARTS) is 1. The number of nitrogens with zero attached hydrogens (tertiary/aromatic N) is 3. The minimum atomic E-state index is -1.12. The molecular formula is C21H22Cl2N6O5. The van der Waals surface area contributed by atoms with Gasteiger partial charge in [0.25, 0.3) is 0 Å². The van der Waals surface area contributed by atoms with Crippen molar-refractivity contribution in [2.75, 3.05) is 45.1 Å². The summed E-state index contributed by atoms with van der Waals surface area (Å²) in [5.74, 6) is 1.56. The summed E-state index contributed by atoms with van der Waals surface area (Å²) >= 11 is 13.1. The van der Waals surface area contributed by atoms with Crippen molar-refractivity contribution in [1.29, 1.82) is 0 Å². The predicted octanol–water partition coefficient (Wildman–Crippen LogP) is 3.50. The van der Waals surface area contributed by atoms with Crippen LogP contribution < -0.4 is 25.4 Å². The maximum Gasteiger partial charge on any atom is 0.405 e. The first-order valence-electron chi connectivity index (χ1n) is 10.2. The molecular weight excluding hydrogens is 487 g/mol. The Hall–Kier alpha value is -3.28. The average Bonchev–Trinajstić information content (AvgIpc) is 3.24.